The van der Waals surface area contributed by atoms with Gasteiger partial charge in [0.05, 0.1) is 26.4 Å². The number of allylic oxidation sites excluding steroid dienone is 16. The van der Waals surface area contributed by atoms with E-state index in [1.165, 1.54) is 77.0 Å². The first-order chi connectivity index (χ1) is 47.7. The molecule has 0 heterocycles. The van der Waals surface area contributed by atoms with E-state index in [4.69, 9.17) is 37.0 Å². The van der Waals surface area contributed by atoms with Gasteiger partial charge in [0.1, 0.15) is 19.3 Å². The third-order valence-corrected chi connectivity index (χ3v) is 17.9. The zero-order chi connectivity index (χ0) is 71.8. The van der Waals surface area contributed by atoms with Crippen molar-refractivity contribution in [1.82, 2.24) is 0 Å². The Bertz CT molecular complexity index is 2240. The minimum absolute atomic E-state index is 0.0794. The topological polar surface area (TPSA) is 237 Å². The molecule has 0 aliphatic rings. The molecular formula is C79H138O17P2. The minimum Gasteiger partial charge on any atom is -0.462 e. The highest BCUT2D eigenvalue weighted by Crippen LogP contribution is 2.45. The van der Waals surface area contributed by atoms with Crippen molar-refractivity contribution in [2.75, 3.05) is 39.6 Å². The van der Waals surface area contributed by atoms with E-state index in [1.807, 2.05) is 0 Å². The molecule has 98 heavy (non-hydrogen) atoms. The van der Waals surface area contributed by atoms with E-state index in [2.05, 4.69) is 125 Å². The number of aliphatic hydroxyl groups is 1. The average molecular weight is 1420 g/mol. The molecule has 3 N–H and O–H groups in total. The molecule has 0 aromatic carbocycles. The molecule has 0 aliphatic carbocycles. The molecule has 5 unspecified atom stereocenters. The summed E-state index contributed by atoms with van der Waals surface area (Å²) in [5.41, 5.74) is 0. The predicted octanol–water partition coefficient (Wildman–Crippen LogP) is 22.0. The molecule has 0 rings (SSSR count). The quantitative estimate of drug-likeness (QED) is 0.0169. The Balaban J connectivity index is 5.36. The summed E-state index contributed by atoms with van der Waals surface area (Å²) >= 11 is 0. The van der Waals surface area contributed by atoms with Crippen LogP contribution in [0.25, 0.3) is 0 Å². The molecule has 17 nitrogen and oxygen atoms in total. The molecule has 0 spiro atoms. The molecule has 0 amide bonds. The molecule has 0 aromatic rings. The summed E-state index contributed by atoms with van der Waals surface area (Å²) in [6.45, 7) is 4.60. The van der Waals surface area contributed by atoms with Crippen LogP contribution in [0.1, 0.15) is 323 Å². The largest absolute Gasteiger partial charge is 0.472 e. The summed E-state index contributed by atoms with van der Waals surface area (Å²) in [5, 5.41) is 10.6. The molecule has 0 aliphatic heterocycles. The summed E-state index contributed by atoms with van der Waals surface area (Å²) in [4.78, 5) is 72.8. The van der Waals surface area contributed by atoms with Gasteiger partial charge in [-0.2, -0.15) is 0 Å². The summed E-state index contributed by atoms with van der Waals surface area (Å²) < 4.78 is 68.5. The minimum atomic E-state index is -4.98. The summed E-state index contributed by atoms with van der Waals surface area (Å²) in [5.74, 6) is -2.21. The van der Waals surface area contributed by atoms with Gasteiger partial charge in [0.15, 0.2) is 12.2 Å². The zero-order valence-electron chi connectivity index (χ0n) is 61.7. The SMILES string of the molecule is CC/C=C\C/C=C\C/C=C\C/C=C\CCCCCCC(=O)OCC(COP(=O)(O)OCC(O)COP(=O)(O)OCC(COC(=O)CCCCCCC/C=C\C/C=C\C/C=C\CC)OC(=O)CCCCCCCCCCCCCCC)OC(=O)CCCCCCC/C=C\CCCCCC. The molecule has 0 fully saturated rings. The van der Waals surface area contributed by atoms with Crippen molar-refractivity contribution in [1.29, 1.82) is 0 Å². The Morgan fingerprint density at radius 1 is 0.296 bits per heavy atom. The monoisotopic (exact) mass is 1420 g/mol. The zero-order valence-corrected chi connectivity index (χ0v) is 63.5. The van der Waals surface area contributed by atoms with Crippen molar-refractivity contribution in [2.45, 2.75) is 341 Å². The number of carbonyl (C=O) groups is 4. The molecule has 0 saturated carbocycles. The van der Waals surface area contributed by atoms with E-state index in [0.717, 1.165) is 167 Å². The lowest BCUT2D eigenvalue weighted by Gasteiger charge is -2.21. The van der Waals surface area contributed by atoms with Gasteiger partial charge in [-0.05, 0) is 122 Å². The second kappa shape index (κ2) is 71.4. The number of hydrogen-bond acceptors (Lipinski definition) is 15. The van der Waals surface area contributed by atoms with Crippen molar-refractivity contribution < 1.29 is 80.2 Å². The van der Waals surface area contributed by atoms with Crippen LogP contribution >= 0.6 is 15.6 Å². The Kier molecular flexibility index (Phi) is 68.4. The number of phosphoric acid groups is 2. The second-order valence-corrected chi connectivity index (χ2v) is 28.4. The van der Waals surface area contributed by atoms with E-state index < -0.39 is 97.5 Å². The maximum absolute atomic E-state index is 13.1. The Morgan fingerprint density at radius 2 is 0.531 bits per heavy atom. The van der Waals surface area contributed by atoms with Crippen LogP contribution in [0, 0.1) is 0 Å². The molecule has 5 atom stereocenters. The predicted molar refractivity (Wildman–Crippen MR) is 399 cm³/mol. The summed E-state index contributed by atoms with van der Waals surface area (Å²) in [7, 11) is -9.95. The van der Waals surface area contributed by atoms with Crippen LogP contribution in [0.3, 0.4) is 0 Å². The van der Waals surface area contributed by atoms with Crippen LogP contribution in [-0.4, -0.2) is 96.7 Å². The van der Waals surface area contributed by atoms with Crippen molar-refractivity contribution >= 4 is 39.5 Å². The Labute approximate surface area is 595 Å². The molecule has 0 aromatic heterocycles. The first kappa shape index (κ1) is 94.0. The van der Waals surface area contributed by atoms with Gasteiger partial charge in [-0.3, -0.25) is 37.3 Å². The van der Waals surface area contributed by atoms with E-state index >= 15 is 0 Å². The fourth-order valence-corrected chi connectivity index (χ4v) is 11.8. The van der Waals surface area contributed by atoms with E-state index in [1.54, 1.807) is 0 Å². The number of phosphoric ester groups is 2. The Hall–Kier alpha value is -4.02. The van der Waals surface area contributed by atoms with Crippen LogP contribution in [0.2, 0.25) is 0 Å². The van der Waals surface area contributed by atoms with Gasteiger partial charge in [-0.25, -0.2) is 9.13 Å². The number of rotatable bonds is 72. The molecule has 566 valence electrons. The van der Waals surface area contributed by atoms with Crippen LogP contribution in [0.5, 0.6) is 0 Å². The lowest BCUT2D eigenvalue weighted by atomic mass is 10.0. The molecular weight excluding hydrogens is 1280 g/mol. The number of carbonyl (C=O) groups excluding carboxylic acids is 4. The average Bonchev–Trinajstić information content (AvgIpc) is 0.969. The number of esters is 4. The first-order valence-corrected chi connectivity index (χ1v) is 41.5. The van der Waals surface area contributed by atoms with Gasteiger partial charge in [0, 0.05) is 25.7 Å². The summed E-state index contributed by atoms with van der Waals surface area (Å²) in [6, 6.07) is 0. The maximum atomic E-state index is 13.1. The standard InChI is InChI=1S/C79H138O17P2/c1-5-9-13-17-21-25-29-33-35-36-38-42-44-48-52-56-60-64-77(82)90-70-75(96-79(84)66-62-58-54-50-46-40-32-28-24-20-16-12-8-4)72-94-98(87,88)92-68-73(80)67-91-97(85,86)93-71-74(95-78(83)65-61-57-53-49-45-39-31-27-23-19-15-11-7-3)69-89-76(81)63-59-55-51-47-43-41-37-34-30-26-22-18-14-10-6-2/h9-10,13-14,21-22,25-26,28,32-35,37-38,42,73-75,80H,5-8,11-12,15-20,23-24,27,29-31,36,39-41,43-72H2,1-4H3,(H,85,86)(H,87,88)/b13-9-,14-10-,25-21-,26-22-,32-28-,35-33-,37-34-,42-38-. The van der Waals surface area contributed by atoms with Crippen LogP contribution in [0.4, 0.5) is 0 Å². The number of unbranched alkanes of at least 4 members (excludes halogenated alkanes) is 30. The number of aliphatic hydroxyl groups excluding tert-OH is 1. The van der Waals surface area contributed by atoms with E-state index in [-0.39, 0.29) is 25.7 Å². The van der Waals surface area contributed by atoms with E-state index in [9.17, 15) is 43.2 Å². The Morgan fingerprint density at radius 3 is 0.837 bits per heavy atom. The van der Waals surface area contributed by atoms with Crippen molar-refractivity contribution in [3.8, 4) is 0 Å². The van der Waals surface area contributed by atoms with Crippen molar-refractivity contribution in [2.24, 2.45) is 0 Å². The second-order valence-electron chi connectivity index (χ2n) is 25.5. The maximum Gasteiger partial charge on any atom is 0.472 e. The molecule has 0 bridgehead atoms. The number of ether oxygens (including phenoxy) is 4. The van der Waals surface area contributed by atoms with Crippen molar-refractivity contribution in [3.63, 3.8) is 0 Å². The first-order valence-electron chi connectivity index (χ1n) is 38.5. The van der Waals surface area contributed by atoms with Crippen LogP contribution < -0.4 is 0 Å². The van der Waals surface area contributed by atoms with Gasteiger partial charge < -0.3 is 33.8 Å². The van der Waals surface area contributed by atoms with Crippen molar-refractivity contribution in [3.05, 3.63) is 97.2 Å². The highest BCUT2D eigenvalue weighted by Gasteiger charge is 2.30. The smallest absolute Gasteiger partial charge is 0.462 e. The van der Waals surface area contributed by atoms with Gasteiger partial charge in [0.2, 0.25) is 0 Å². The van der Waals surface area contributed by atoms with Gasteiger partial charge in [-0.1, -0.05) is 273 Å². The fourth-order valence-electron chi connectivity index (χ4n) is 10.2. The molecule has 0 radical (unpaired) electrons. The lowest BCUT2D eigenvalue weighted by molar-refractivity contribution is -0.161. The van der Waals surface area contributed by atoms with Gasteiger partial charge in [0.25, 0.3) is 0 Å². The third kappa shape index (κ3) is 70.4. The van der Waals surface area contributed by atoms with Gasteiger partial charge >= 0.3 is 39.5 Å². The molecule has 0 saturated heterocycles. The van der Waals surface area contributed by atoms with E-state index in [0.29, 0.717) is 25.7 Å². The highest BCUT2D eigenvalue weighted by atomic mass is 31.2. The van der Waals surface area contributed by atoms with Crippen LogP contribution in [-0.2, 0) is 65.4 Å². The number of hydrogen-bond donors (Lipinski definition) is 3. The van der Waals surface area contributed by atoms with Gasteiger partial charge in [-0.15, -0.1) is 0 Å². The molecule has 19 heteroatoms. The van der Waals surface area contributed by atoms with Crippen LogP contribution in [0.15, 0.2) is 97.2 Å². The third-order valence-electron chi connectivity index (χ3n) is 16.0. The normalized spacial score (nSPS) is 14.5. The lowest BCUT2D eigenvalue weighted by Crippen LogP contribution is -2.30. The summed E-state index contributed by atoms with van der Waals surface area (Å²) in [6.07, 6.45) is 73.9. The highest BCUT2D eigenvalue weighted by molar-refractivity contribution is 7.47. The fraction of sp³-hybridized carbons (Fsp3) is 0.747.